The van der Waals surface area contributed by atoms with Crippen LogP contribution in [0.25, 0.3) is 0 Å². The molecule has 2 heterocycles. The molecule has 0 bridgehead atoms. The van der Waals surface area contributed by atoms with Crippen molar-refractivity contribution in [3.63, 3.8) is 0 Å². The van der Waals surface area contributed by atoms with Gasteiger partial charge in [0.1, 0.15) is 0 Å². The van der Waals surface area contributed by atoms with Crippen LogP contribution in [0.3, 0.4) is 0 Å². The van der Waals surface area contributed by atoms with Crippen LogP contribution in [0.15, 0.2) is 23.0 Å². The fourth-order valence-corrected chi connectivity index (χ4v) is 1.75. The van der Waals surface area contributed by atoms with Gasteiger partial charge in [-0.05, 0) is 6.42 Å². The molecule has 0 unspecified atom stereocenters. The van der Waals surface area contributed by atoms with E-state index < -0.39 is 0 Å². The minimum atomic E-state index is -0.242. The van der Waals surface area contributed by atoms with Gasteiger partial charge in [-0.15, -0.1) is 0 Å². The monoisotopic (exact) mass is 289 g/mol. The van der Waals surface area contributed by atoms with Crippen LogP contribution in [-0.2, 0) is 13.0 Å². The molecule has 1 N–H and O–H groups in total. The predicted octanol–water partition coefficient (Wildman–Crippen LogP) is 1.41. The normalized spacial score (nSPS) is 10.4. The lowest BCUT2D eigenvalue weighted by Crippen LogP contribution is -2.23. The standard InChI is InChI=1S/C14H19N5O2/c1-4-5-11-6-12(21-18-11)9-15-13(20)10-7-16-14(17-8-10)19(2)3/h6-8H,4-5,9H2,1-3H3,(H,15,20). The SMILES string of the molecule is CCCc1cc(CNC(=O)c2cnc(N(C)C)nc2)on1. The Labute approximate surface area is 123 Å². The predicted molar refractivity (Wildman–Crippen MR) is 78.0 cm³/mol. The van der Waals surface area contributed by atoms with Gasteiger partial charge in [0, 0.05) is 32.6 Å². The Hall–Kier alpha value is -2.44. The molecular weight excluding hydrogens is 270 g/mol. The van der Waals surface area contributed by atoms with Crippen molar-refractivity contribution >= 4 is 11.9 Å². The van der Waals surface area contributed by atoms with Gasteiger partial charge in [0.15, 0.2) is 5.76 Å². The maximum Gasteiger partial charge on any atom is 0.254 e. The van der Waals surface area contributed by atoms with Gasteiger partial charge in [0.05, 0.1) is 17.8 Å². The highest BCUT2D eigenvalue weighted by Gasteiger charge is 2.09. The highest BCUT2D eigenvalue weighted by atomic mass is 16.5. The lowest BCUT2D eigenvalue weighted by atomic mass is 10.2. The third-order valence-corrected chi connectivity index (χ3v) is 2.84. The van der Waals surface area contributed by atoms with Crippen LogP contribution in [-0.4, -0.2) is 35.1 Å². The first-order valence-electron chi connectivity index (χ1n) is 6.82. The molecule has 0 aromatic carbocycles. The van der Waals surface area contributed by atoms with Crippen LogP contribution >= 0.6 is 0 Å². The van der Waals surface area contributed by atoms with Crippen molar-refractivity contribution in [3.8, 4) is 0 Å². The summed E-state index contributed by atoms with van der Waals surface area (Å²) >= 11 is 0. The number of rotatable bonds is 6. The van der Waals surface area contributed by atoms with E-state index in [-0.39, 0.29) is 5.91 Å². The summed E-state index contributed by atoms with van der Waals surface area (Å²) < 4.78 is 5.15. The minimum Gasteiger partial charge on any atom is -0.359 e. The highest BCUT2D eigenvalue weighted by Crippen LogP contribution is 2.07. The van der Waals surface area contributed by atoms with Gasteiger partial charge in [-0.2, -0.15) is 0 Å². The average Bonchev–Trinajstić information content (AvgIpc) is 2.93. The molecule has 0 fully saturated rings. The molecule has 0 aliphatic rings. The summed E-state index contributed by atoms with van der Waals surface area (Å²) in [6, 6.07) is 1.86. The first-order chi connectivity index (χ1) is 10.1. The molecule has 7 heteroatoms. The smallest absolute Gasteiger partial charge is 0.254 e. The molecule has 21 heavy (non-hydrogen) atoms. The van der Waals surface area contributed by atoms with Crippen LogP contribution < -0.4 is 10.2 Å². The van der Waals surface area contributed by atoms with E-state index in [1.165, 1.54) is 12.4 Å². The number of hydrogen-bond donors (Lipinski definition) is 1. The van der Waals surface area contributed by atoms with Gasteiger partial charge in [0.2, 0.25) is 5.95 Å². The number of amides is 1. The molecule has 0 aliphatic heterocycles. The van der Waals surface area contributed by atoms with Crippen molar-refractivity contribution in [1.82, 2.24) is 20.4 Å². The third kappa shape index (κ3) is 4.01. The summed E-state index contributed by atoms with van der Waals surface area (Å²) in [6.07, 6.45) is 4.88. The van der Waals surface area contributed by atoms with E-state index in [1.807, 2.05) is 20.2 Å². The van der Waals surface area contributed by atoms with Crippen LogP contribution in [0.4, 0.5) is 5.95 Å². The van der Waals surface area contributed by atoms with Crippen LogP contribution in [0.1, 0.15) is 35.2 Å². The van der Waals surface area contributed by atoms with Crippen LogP contribution in [0.2, 0.25) is 0 Å². The Morgan fingerprint density at radius 1 is 1.33 bits per heavy atom. The van der Waals surface area contributed by atoms with Gasteiger partial charge in [-0.3, -0.25) is 4.79 Å². The lowest BCUT2D eigenvalue weighted by Gasteiger charge is -2.09. The summed E-state index contributed by atoms with van der Waals surface area (Å²) in [5.74, 6) is 0.956. The van der Waals surface area contributed by atoms with Crippen molar-refractivity contribution in [1.29, 1.82) is 0 Å². The summed E-state index contributed by atoms with van der Waals surface area (Å²) in [4.78, 5) is 21.9. The molecule has 2 aromatic rings. The van der Waals surface area contributed by atoms with E-state index in [0.717, 1.165) is 18.5 Å². The molecule has 0 saturated heterocycles. The molecule has 1 amide bonds. The molecular formula is C14H19N5O2. The van der Waals surface area contributed by atoms with E-state index in [1.54, 1.807) is 4.90 Å². The second-order valence-electron chi connectivity index (χ2n) is 4.88. The highest BCUT2D eigenvalue weighted by molar-refractivity contribution is 5.93. The molecule has 2 rings (SSSR count). The minimum absolute atomic E-state index is 0.242. The van der Waals surface area contributed by atoms with E-state index in [9.17, 15) is 4.79 Å². The van der Waals surface area contributed by atoms with Crippen LogP contribution in [0.5, 0.6) is 0 Å². The van der Waals surface area contributed by atoms with Crippen LogP contribution in [0, 0.1) is 0 Å². The fourth-order valence-electron chi connectivity index (χ4n) is 1.75. The van der Waals surface area contributed by atoms with E-state index in [4.69, 9.17) is 4.52 Å². The Balaban J connectivity index is 1.91. The Bertz CT molecular complexity index is 592. The fraction of sp³-hybridized carbons (Fsp3) is 0.429. The number of aryl methyl sites for hydroxylation is 1. The maximum atomic E-state index is 12.0. The zero-order valence-corrected chi connectivity index (χ0v) is 12.5. The van der Waals surface area contributed by atoms with E-state index >= 15 is 0 Å². The summed E-state index contributed by atoms with van der Waals surface area (Å²) in [7, 11) is 3.68. The number of nitrogens with zero attached hydrogens (tertiary/aromatic N) is 4. The number of carbonyl (C=O) groups is 1. The molecule has 0 spiro atoms. The number of aromatic nitrogens is 3. The van der Waals surface area contributed by atoms with Crippen molar-refractivity contribution in [3.05, 3.63) is 35.5 Å². The molecule has 7 nitrogen and oxygen atoms in total. The van der Waals surface area contributed by atoms with Gasteiger partial charge in [-0.1, -0.05) is 18.5 Å². The first-order valence-corrected chi connectivity index (χ1v) is 6.82. The maximum absolute atomic E-state index is 12.0. The molecule has 0 saturated carbocycles. The van der Waals surface area contributed by atoms with Crippen molar-refractivity contribution < 1.29 is 9.32 Å². The quantitative estimate of drug-likeness (QED) is 0.865. The number of nitrogens with one attached hydrogen (secondary N) is 1. The third-order valence-electron chi connectivity index (χ3n) is 2.84. The topological polar surface area (TPSA) is 84.2 Å². The summed E-state index contributed by atoms with van der Waals surface area (Å²) in [5.41, 5.74) is 1.31. The van der Waals surface area contributed by atoms with Gasteiger partial charge < -0.3 is 14.7 Å². The number of hydrogen-bond acceptors (Lipinski definition) is 6. The second kappa shape index (κ2) is 6.83. The zero-order chi connectivity index (χ0) is 15.2. The Kier molecular flexibility index (Phi) is 4.86. The largest absolute Gasteiger partial charge is 0.359 e. The van der Waals surface area contributed by atoms with Crippen molar-refractivity contribution in [2.45, 2.75) is 26.3 Å². The number of carbonyl (C=O) groups excluding carboxylic acids is 1. The van der Waals surface area contributed by atoms with E-state index in [0.29, 0.717) is 23.8 Å². The Morgan fingerprint density at radius 2 is 2.05 bits per heavy atom. The van der Waals surface area contributed by atoms with E-state index in [2.05, 4.69) is 27.4 Å². The lowest BCUT2D eigenvalue weighted by molar-refractivity contribution is 0.0946. The molecule has 2 aromatic heterocycles. The van der Waals surface area contributed by atoms with Gasteiger partial charge >= 0.3 is 0 Å². The second-order valence-corrected chi connectivity index (χ2v) is 4.88. The van der Waals surface area contributed by atoms with Crippen molar-refractivity contribution in [2.24, 2.45) is 0 Å². The number of anilines is 1. The molecule has 112 valence electrons. The summed E-state index contributed by atoms with van der Waals surface area (Å²) in [5, 5.41) is 6.68. The van der Waals surface area contributed by atoms with Crippen molar-refractivity contribution in [2.75, 3.05) is 19.0 Å². The molecule has 0 aliphatic carbocycles. The Morgan fingerprint density at radius 3 is 2.67 bits per heavy atom. The summed E-state index contributed by atoms with van der Waals surface area (Å²) in [6.45, 7) is 2.37. The zero-order valence-electron chi connectivity index (χ0n) is 12.5. The first kappa shape index (κ1) is 15.0. The van der Waals surface area contributed by atoms with Gasteiger partial charge in [-0.25, -0.2) is 9.97 Å². The van der Waals surface area contributed by atoms with Gasteiger partial charge in [0.25, 0.3) is 5.91 Å². The molecule has 0 atom stereocenters. The average molecular weight is 289 g/mol. The molecule has 0 radical (unpaired) electrons.